The van der Waals surface area contributed by atoms with Gasteiger partial charge in [0.25, 0.3) is 0 Å². The molecule has 4 heteroatoms. The molecule has 17 heavy (non-hydrogen) atoms. The number of carboxylic acids is 1. The Morgan fingerprint density at radius 2 is 2.18 bits per heavy atom. The number of carbonyl (C=O) groups is 1. The molecule has 1 aromatic carbocycles. The van der Waals surface area contributed by atoms with Crippen molar-refractivity contribution in [3.8, 4) is 0 Å². The fraction of sp³-hybridized carbons (Fsp3) is 0.154. The molecule has 0 spiro atoms. The molecule has 0 amide bonds. The van der Waals surface area contributed by atoms with Crippen molar-refractivity contribution in [2.75, 3.05) is 5.32 Å². The van der Waals surface area contributed by atoms with E-state index in [1.54, 1.807) is 23.5 Å². The van der Waals surface area contributed by atoms with Gasteiger partial charge in [0.15, 0.2) is 0 Å². The fourth-order valence-electron chi connectivity index (χ4n) is 1.65. The number of aromatic carboxylic acids is 1. The van der Waals surface area contributed by atoms with Crippen LogP contribution in [0.15, 0.2) is 35.7 Å². The number of nitrogens with one attached hydrogen (secondary N) is 1. The lowest BCUT2D eigenvalue weighted by Crippen LogP contribution is -2.05. The number of benzene rings is 1. The molecule has 2 rings (SSSR count). The standard InChI is InChI=1S/C13H13NO2S/c1-9-11(13(15)16)5-2-6-12(9)14-8-10-4-3-7-17-10/h2-7,14H,8H2,1H3,(H,15,16). The van der Waals surface area contributed by atoms with Crippen LogP contribution < -0.4 is 5.32 Å². The maximum absolute atomic E-state index is 11.0. The minimum atomic E-state index is -0.887. The molecular weight excluding hydrogens is 234 g/mol. The second kappa shape index (κ2) is 5.01. The Balaban J connectivity index is 2.16. The van der Waals surface area contributed by atoms with Gasteiger partial charge in [0.05, 0.1) is 5.56 Å². The van der Waals surface area contributed by atoms with Crippen molar-refractivity contribution < 1.29 is 9.90 Å². The number of anilines is 1. The van der Waals surface area contributed by atoms with E-state index in [9.17, 15) is 4.79 Å². The van der Waals surface area contributed by atoms with Crippen LogP contribution in [-0.2, 0) is 6.54 Å². The normalized spacial score (nSPS) is 10.2. The molecule has 1 heterocycles. The van der Waals surface area contributed by atoms with Gasteiger partial charge in [-0.1, -0.05) is 12.1 Å². The van der Waals surface area contributed by atoms with Crippen LogP contribution in [0.2, 0.25) is 0 Å². The van der Waals surface area contributed by atoms with Gasteiger partial charge in [-0.2, -0.15) is 0 Å². The minimum absolute atomic E-state index is 0.348. The van der Waals surface area contributed by atoms with Crippen molar-refractivity contribution in [3.05, 3.63) is 51.7 Å². The lowest BCUT2D eigenvalue weighted by atomic mass is 10.1. The van der Waals surface area contributed by atoms with E-state index in [1.165, 1.54) is 4.88 Å². The van der Waals surface area contributed by atoms with Crippen molar-refractivity contribution in [3.63, 3.8) is 0 Å². The van der Waals surface area contributed by atoms with Crippen molar-refractivity contribution in [1.29, 1.82) is 0 Å². The molecule has 2 aromatic rings. The van der Waals surface area contributed by atoms with Crippen LogP contribution in [0.3, 0.4) is 0 Å². The first kappa shape index (κ1) is 11.7. The molecular formula is C13H13NO2S. The van der Waals surface area contributed by atoms with Crippen molar-refractivity contribution in [1.82, 2.24) is 0 Å². The summed E-state index contributed by atoms with van der Waals surface area (Å²) in [6, 6.07) is 9.33. The van der Waals surface area contributed by atoms with Gasteiger partial charge >= 0.3 is 5.97 Å². The summed E-state index contributed by atoms with van der Waals surface area (Å²) < 4.78 is 0. The molecule has 0 fully saturated rings. The highest BCUT2D eigenvalue weighted by atomic mass is 32.1. The summed E-state index contributed by atoms with van der Waals surface area (Å²) in [5.74, 6) is -0.887. The van der Waals surface area contributed by atoms with Crippen LogP contribution in [0.5, 0.6) is 0 Å². The summed E-state index contributed by atoms with van der Waals surface area (Å²) in [5, 5.41) is 14.3. The predicted molar refractivity (Wildman–Crippen MR) is 69.8 cm³/mol. The quantitative estimate of drug-likeness (QED) is 0.871. The molecule has 2 N–H and O–H groups in total. The third-order valence-corrected chi connectivity index (χ3v) is 3.47. The van der Waals surface area contributed by atoms with Gasteiger partial charge < -0.3 is 10.4 Å². The van der Waals surface area contributed by atoms with Crippen molar-refractivity contribution in [2.45, 2.75) is 13.5 Å². The molecule has 0 aliphatic rings. The molecule has 88 valence electrons. The Hall–Kier alpha value is -1.81. The zero-order valence-electron chi connectivity index (χ0n) is 9.43. The maximum atomic E-state index is 11.0. The smallest absolute Gasteiger partial charge is 0.336 e. The van der Waals surface area contributed by atoms with Crippen LogP contribution in [0.25, 0.3) is 0 Å². The maximum Gasteiger partial charge on any atom is 0.336 e. The average Bonchev–Trinajstić information content (AvgIpc) is 2.80. The van der Waals surface area contributed by atoms with E-state index in [-0.39, 0.29) is 0 Å². The van der Waals surface area contributed by atoms with Gasteiger partial charge in [0.2, 0.25) is 0 Å². The Bertz CT molecular complexity index is 520. The number of rotatable bonds is 4. The first-order chi connectivity index (χ1) is 8.18. The van der Waals surface area contributed by atoms with E-state index in [0.29, 0.717) is 5.56 Å². The SMILES string of the molecule is Cc1c(NCc2cccs2)cccc1C(=O)O. The van der Waals surface area contributed by atoms with Gasteiger partial charge in [0, 0.05) is 17.1 Å². The largest absolute Gasteiger partial charge is 0.478 e. The fourth-order valence-corrected chi connectivity index (χ4v) is 2.30. The molecule has 0 unspecified atom stereocenters. The van der Waals surface area contributed by atoms with Crippen LogP contribution >= 0.6 is 11.3 Å². The van der Waals surface area contributed by atoms with Crippen LogP contribution in [0.1, 0.15) is 20.8 Å². The molecule has 0 bridgehead atoms. The molecule has 0 saturated carbocycles. The topological polar surface area (TPSA) is 49.3 Å². The average molecular weight is 247 g/mol. The lowest BCUT2D eigenvalue weighted by molar-refractivity contribution is 0.0696. The van der Waals surface area contributed by atoms with Crippen LogP contribution in [0, 0.1) is 6.92 Å². The summed E-state index contributed by atoms with van der Waals surface area (Å²) >= 11 is 1.68. The van der Waals surface area contributed by atoms with Gasteiger partial charge in [-0.05, 0) is 36.1 Å². The van der Waals surface area contributed by atoms with Crippen LogP contribution in [-0.4, -0.2) is 11.1 Å². The van der Waals surface area contributed by atoms with E-state index < -0.39 is 5.97 Å². The molecule has 3 nitrogen and oxygen atoms in total. The Morgan fingerprint density at radius 1 is 1.35 bits per heavy atom. The monoisotopic (exact) mass is 247 g/mol. The van der Waals surface area contributed by atoms with Crippen molar-refractivity contribution >= 4 is 23.0 Å². The first-order valence-electron chi connectivity index (χ1n) is 5.27. The minimum Gasteiger partial charge on any atom is -0.478 e. The lowest BCUT2D eigenvalue weighted by Gasteiger charge is -2.10. The number of thiophene rings is 1. The summed E-state index contributed by atoms with van der Waals surface area (Å²) in [6.45, 7) is 2.54. The third-order valence-electron chi connectivity index (χ3n) is 2.60. The first-order valence-corrected chi connectivity index (χ1v) is 6.15. The van der Waals surface area contributed by atoms with Gasteiger partial charge in [0.1, 0.15) is 0 Å². The summed E-state index contributed by atoms with van der Waals surface area (Å²) in [4.78, 5) is 12.2. The molecule has 0 aliphatic carbocycles. The highest BCUT2D eigenvalue weighted by Crippen LogP contribution is 2.20. The zero-order valence-corrected chi connectivity index (χ0v) is 10.3. The molecule has 0 atom stereocenters. The molecule has 0 saturated heterocycles. The highest BCUT2D eigenvalue weighted by molar-refractivity contribution is 7.09. The van der Waals surface area contributed by atoms with E-state index in [4.69, 9.17) is 5.11 Å². The second-order valence-electron chi connectivity index (χ2n) is 3.72. The summed E-state index contributed by atoms with van der Waals surface area (Å²) in [5.41, 5.74) is 2.00. The highest BCUT2D eigenvalue weighted by Gasteiger charge is 2.09. The van der Waals surface area contributed by atoms with E-state index >= 15 is 0 Å². The summed E-state index contributed by atoms with van der Waals surface area (Å²) in [7, 11) is 0. The van der Waals surface area contributed by atoms with Gasteiger partial charge in [-0.15, -0.1) is 11.3 Å². The Morgan fingerprint density at radius 3 is 2.82 bits per heavy atom. The third kappa shape index (κ3) is 2.65. The van der Waals surface area contributed by atoms with Gasteiger partial charge in [-0.25, -0.2) is 4.79 Å². The predicted octanol–water partition coefficient (Wildman–Crippen LogP) is 3.37. The second-order valence-corrected chi connectivity index (χ2v) is 4.75. The van der Waals surface area contributed by atoms with Crippen molar-refractivity contribution in [2.24, 2.45) is 0 Å². The van der Waals surface area contributed by atoms with E-state index in [0.717, 1.165) is 17.8 Å². The molecule has 0 radical (unpaired) electrons. The Kier molecular flexibility index (Phi) is 3.44. The van der Waals surface area contributed by atoms with Gasteiger partial charge in [-0.3, -0.25) is 0 Å². The summed E-state index contributed by atoms with van der Waals surface area (Å²) in [6.07, 6.45) is 0. The van der Waals surface area contributed by atoms with Crippen LogP contribution in [0.4, 0.5) is 5.69 Å². The molecule has 0 aliphatic heterocycles. The van der Waals surface area contributed by atoms with E-state index in [2.05, 4.69) is 5.32 Å². The number of hydrogen-bond donors (Lipinski definition) is 2. The Labute approximate surface area is 104 Å². The number of carboxylic acid groups (broad SMARTS) is 1. The van der Waals surface area contributed by atoms with E-state index in [1.807, 2.05) is 30.5 Å². The number of hydrogen-bond acceptors (Lipinski definition) is 3. The zero-order chi connectivity index (χ0) is 12.3. The molecule has 1 aromatic heterocycles.